The van der Waals surface area contributed by atoms with E-state index in [2.05, 4.69) is 0 Å². The Hall–Kier alpha value is -2.09. The highest BCUT2D eigenvalue weighted by Gasteiger charge is 2.31. The zero-order chi connectivity index (χ0) is 16.5. The lowest BCUT2D eigenvalue weighted by Gasteiger charge is -2.11. The molecule has 0 aromatic heterocycles. The van der Waals surface area contributed by atoms with E-state index in [-0.39, 0.29) is 5.69 Å². The van der Waals surface area contributed by atoms with Crippen molar-refractivity contribution in [1.82, 2.24) is 0 Å². The molecule has 0 aliphatic rings. The number of sulfonamides is 1. The highest BCUT2D eigenvalue weighted by Crippen LogP contribution is 2.31. The summed E-state index contributed by atoms with van der Waals surface area (Å²) >= 11 is 0. The van der Waals surface area contributed by atoms with Gasteiger partial charge in [0.05, 0.1) is 16.1 Å². The fourth-order valence-electron chi connectivity index (χ4n) is 1.75. The predicted octanol–water partition coefficient (Wildman–Crippen LogP) is 3.95. The third kappa shape index (κ3) is 3.56. The zero-order valence-corrected chi connectivity index (χ0v) is 12.1. The lowest BCUT2D eigenvalue weighted by molar-refractivity contribution is -0.137. The van der Waals surface area contributed by atoms with Crippen molar-refractivity contribution in [3.8, 4) is 0 Å². The number of aryl methyl sites for hydroxylation is 1. The molecule has 2 rings (SSSR count). The maximum atomic E-state index is 13.7. The first-order valence-corrected chi connectivity index (χ1v) is 7.54. The molecule has 2 aromatic rings. The molecule has 0 saturated heterocycles. The fourth-order valence-corrected chi connectivity index (χ4v) is 2.86. The molecular formula is C14H11F4NO2S. The van der Waals surface area contributed by atoms with Crippen molar-refractivity contribution in [2.24, 2.45) is 0 Å². The van der Waals surface area contributed by atoms with Gasteiger partial charge in [-0.15, -0.1) is 0 Å². The minimum atomic E-state index is -4.67. The summed E-state index contributed by atoms with van der Waals surface area (Å²) in [5, 5.41) is 0. The minimum absolute atomic E-state index is 0.331. The van der Waals surface area contributed by atoms with Crippen LogP contribution in [0.1, 0.15) is 11.1 Å². The van der Waals surface area contributed by atoms with Crippen LogP contribution in [0.4, 0.5) is 23.2 Å². The smallest absolute Gasteiger partial charge is 0.277 e. The van der Waals surface area contributed by atoms with E-state index >= 15 is 0 Å². The molecule has 118 valence electrons. The molecule has 22 heavy (non-hydrogen) atoms. The Morgan fingerprint density at radius 1 is 1.05 bits per heavy atom. The first-order chi connectivity index (χ1) is 10.1. The van der Waals surface area contributed by atoms with Gasteiger partial charge in [0.25, 0.3) is 10.0 Å². The molecular weight excluding hydrogens is 322 g/mol. The Morgan fingerprint density at radius 3 is 2.32 bits per heavy atom. The van der Waals surface area contributed by atoms with Gasteiger partial charge in [0.15, 0.2) is 0 Å². The number of hydrogen-bond acceptors (Lipinski definition) is 2. The quantitative estimate of drug-likeness (QED) is 0.865. The van der Waals surface area contributed by atoms with Crippen molar-refractivity contribution in [2.45, 2.75) is 18.0 Å². The van der Waals surface area contributed by atoms with Crippen LogP contribution >= 0.6 is 0 Å². The van der Waals surface area contributed by atoms with Gasteiger partial charge < -0.3 is 0 Å². The van der Waals surface area contributed by atoms with Crippen molar-refractivity contribution in [3.63, 3.8) is 0 Å². The van der Waals surface area contributed by atoms with Crippen LogP contribution in [0.2, 0.25) is 0 Å². The number of halogens is 4. The van der Waals surface area contributed by atoms with E-state index in [0.29, 0.717) is 11.6 Å². The van der Waals surface area contributed by atoms with Gasteiger partial charge in [-0.3, -0.25) is 4.72 Å². The van der Waals surface area contributed by atoms with E-state index in [1.807, 2.05) is 4.72 Å². The predicted molar refractivity (Wildman–Crippen MR) is 73.4 cm³/mol. The van der Waals surface area contributed by atoms with Gasteiger partial charge in [-0.25, -0.2) is 12.8 Å². The van der Waals surface area contributed by atoms with Crippen LogP contribution in [-0.2, 0) is 16.2 Å². The summed E-state index contributed by atoms with van der Waals surface area (Å²) in [6.07, 6.45) is -4.67. The molecule has 0 aliphatic heterocycles. The molecule has 1 N–H and O–H groups in total. The van der Waals surface area contributed by atoms with E-state index in [1.165, 1.54) is 12.1 Å². The number of alkyl halides is 3. The van der Waals surface area contributed by atoms with E-state index in [0.717, 1.165) is 24.3 Å². The second kappa shape index (κ2) is 5.60. The average Bonchev–Trinajstić information content (AvgIpc) is 2.41. The molecule has 3 nitrogen and oxygen atoms in total. The highest BCUT2D eigenvalue weighted by atomic mass is 32.2. The summed E-state index contributed by atoms with van der Waals surface area (Å²) in [6, 6.07) is 7.03. The normalized spacial score (nSPS) is 12.2. The standard InChI is InChI=1S/C14H11F4NO2S/c1-9-5-6-13(12(15)7-9)19-22(20,21)11-4-2-3-10(8-11)14(16,17)18/h2-8,19H,1H3. The van der Waals surface area contributed by atoms with Crippen molar-refractivity contribution < 1.29 is 26.0 Å². The van der Waals surface area contributed by atoms with Gasteiger partial charge in [0.2, 0.25) is 0 Å². The zero-order valence-electron chi connectivity index (χ0n) is 11.3. The molecule has 0 unspecified atom stereocenters. The SMILES string of the molecule is Cc1ccc(NS(=O)(=O)c2cccc(C(F)(F)F)c2)c(F)c1. The molecule has 2 aromatic carbocycles. The van der Waals surface area contributed by atoms with Gasteiger partial charge in [0.1, 0.15) is 5.82 Å². The van der Waals surface area contributed by atoms with Crippen LogP contribution in [0, 0.1) is 12.7 Å². The first kappa shape index (κ1) is 16.3. The number of hydrogen-bond donors (Lipinski definition) is 1. The van der Waals surface area contributed by atoms with E-state index in [4.69, 9.17) is 0 Å². The van der Waals surface area contributed by atoms with Crippen LogP contribution < -0.4 is 4.72 Å². The highest BCUT2D eigenvalue weighted by molar-refractivity contribution is 7.92. The topological polar surface area (TPSA) is 46.2 Å². The lowest BCUT2D eigenvalue weighted by atomic mass is 10.2. The summed E-state index contributed by atoms with van der Waals surface area (Å²) in [5.74, 6) is -0.810. The monoisotopic (exact) mass is 333 g/mol. The Kier molecular flexibility index (Phi) is 4.15. The molecule has 0 atom stereocenters. The van der Waals surface area contributed by atoms with Crippen LogP contribution in [0.25, 0.3) is 0 Å². The summed E-state index contributed by atoms with van der Waals surface area (Å²) < 4.78 is 77.6. The molecule has 0 aliphatic carbocycles. The summed E-state index contributed by atoms with van der Waals surface area (Å²) in [7, 11) is -4.32. The van der Waals surface area contributed by atoms with Crippen molar-refractivity contribution in [1.29, 1.82) is 0 Å². The van der Waals surface area contributed by atoms with Crippen LogP contribution in [0.5, 0.6) is 0 Å². The van der Waals surface area contributed by atoms with Gasteiger partial charge >= 0.3 is 6.18 Å². The van der Waals surface area contributed by atoms with Crippen LogP contribution in [0.3, 0.4) is 0 Å². The average molecular weight is 333 g/mol. The van der Waals surface area contributed by atoms with E-state index in [1.54, 1.807) is 6.92 Å². The van der Waals surface area contributed by atoms with Crippen molar-refractivity contribution in [2.75, 3.05) is 4.72 Å². The molecule has 8 heteroatoms. The first-order valence-electron chi connectivity index (χ1n) is 6.06. The molecule has 0 fully saturated rings. The largest absolute Gasteiger partial charge is 0.416 e. The molecule has 0 saturated carbocycles. The summed E-state index contributed by atoms with van der Waals surface area (Å²) in [5.41, 5.74) is -0.845. The second-order valence-electron chi connectivity index (χ2n) is 4.61. The van der Waals surface area contributed by atoms with Crippen molar-refractivity contribution >= 4 is 15.7 Å². The van der Waals surface area contributed by atoms with Gasteiger partial charge in [-0.2, -0.15) is 13.2 Å². The number of benzene rings is 2. The van der Waals surface area contributed by atoms with Gasteiger partial charge in [-0.05, 0) is 42.8 Å². The number of nitrogens with one attached hydrogen (secondary N) is 1. The number of rotatable bonds is 3. The number of anilines is 1. The van der Waals surface area contributed by atoms with Gasteiger partial charge in [0, 0.05) is 0 Å². The third-order valence-electron chi connectivity index (χ3n) is 2.84. The van der Waals surface area contributed by atoms with Gasteiger partial charge in [-0.1, -0.05) is 12.1 Å². The van der Waals surface area contributed by atoms with E-state index in [9.17, 15) is 26.0 Å². The summed E-state index contributed by atoms with van der Waals surface area (Å²) in [4.78, 5) is -0.595. The fraction of sp³-hybridized carbons (Fsp3) is 0.143. The van der Waals surface area contributed by atoms with Crippen molar-refractivity contribution in [3.05, 3.63) is 59.4 Å². The molecule has 0 radical (unpaired) electrons. The minimum Gasteiger partial charge on any atom is -0.277 e. The molecule has 0 amide bonds. The lowest BCUT2D eigenvalue weighted by Crippen LogP contribution is -2.15. The molecule has 0 heterocycles. The Labute approximate surface area is 124 Å². The molecule has 0 bridgehead atoms. The Bertz CT molecular complexity index is 801. The van der Waals surface area contributed by atoms with E-state index < -0.39 is 32.5 Å². The Morgan fingerprint density at radius 2 is 1.73 bits per heavy atom. The van der Waals surface area contributed by atoms with Crippen LogP contribution in [0.15, 0.2) is 47.4 Å². The third-order valence-corrected chi connectivity index (χ3v) is 4.20. The van der Waals surface area contributed by atoms with Crippen LogP contribution in [-0.4, -0.2) is 8.42 Å². The summed E-state index contributed by atoms with van der Waals surface area (Å²) in [6.45, 7) is 1.62. The maximum Gasteiger partial charge on any atom is 0.416 e. The maximum absolute atomic E-state index is 13.7. The second-order valence-corrected chi connectivity index (χ2v) is 6.30. The Balaban J connectivity index is 2.39. The molecule has 0 spiro atoms.